The Labute approximate surface area is 75.8 Å². The lowest BCUT2D eigenvalue weighted by Crippen LogP contribution is -2.34. The Bertz CT molecular complexity index is 194. The zero-order valence-corrected chi connectivity index (χ0v) is 9.02. The van der Waals surface area contributed by atoms with Gasteiger partial charge in [-0.2, -0.15) is 0 Å². The van der Waals surface area contributed by atoms with E-state index in [0.29, 0.717) is 0 Å². The Hall–Kier alpha value is -0.790. The lowest BCUT2D eigenvalue weighted by Gasteiger charge is -2.22. The van der Waals surface area contributed by atoms with Crippen molar-refractivity contribution in [3.63, 3.8) is 0 Å². The fraction of sp³-hybridized carbons (Fsp3) is 0.700. The van der Waals surface area contributed by atoms with E-state index in [0.717, 1.165) is 11.4 Å². The van der Waals surface area contributed by atoms with Crippen molar-refractivity contribution < 1.29 is 0 Å². The highest BCUT2D eigenvalue weighted by Crippen LogP contribution is 2.02. The van der Waals surface area contributed by atoms with Gasteiger partial charge >= 0.3 is 0 Å². The zero-order chi connectivity index (χ0) is 9.78. The monoisotopic (exact) mass is 168 g/mol. The minimum Gasteiger partial charge on any atom is -0.384 e. The maximum absolute atomic E-state index is 4.06. The molecule has 0 aliphatic rings. The van der Waals surface area contributed by atoms with E-state index in [4.69, 9.17) is 0 Å². The van der Waals surface area contributed by atoms with Crippen molar-refractivity contribution in [3.05, 3.63) is 11.8 Å². The molecule has 2 nitrogen and oxygen atoms in total. The van der Waals surface area contributed by atoms with Gasteiger partial charge in [0.2, 0.25) is 0 Å². The van der Waals surface area contributed by atoms with Crippen LogP contribution in [0, 0.1) is 0 Å². The molecule has 0 atom stereocenters. The standard InChI is InChI=1S/C10H20N2/c1-8(11-6)7-9(2)12-10(3,4)5/h7,12H,1-6H3. The van der Waals surface area contributed by atoms with Gasteiger partial charge in [0.1, 0.15) is 0 Å². The average Bonchev–Trinajstić information content (AvgIpc) is 1.82. The van der Waals surface area contributed by atoms with Crippen molar-refractivity contribution >= 4 is 5.71 Å². The summed E-state index contributed by atoms with van der Waals surface area (Å²) in [7, 11) is 1.80. The molecule has 0 aromatic heterocycles. The molecule has 0 unspecified atom stereocenters. The van der Waals surface area contributed by atoms with Crippen LogP contribution in [-0.4, -0.2) is 18.3 Å². The van der Waals surface area contributed by atoms with Crippen molar-refractivity contribution in [2.45, 2.75) is 40.2 Å². The lowest BCUT2D eigenvalue weighted by molar-refractivity contribution is 0.474. The Morgan fingerprint density at radius 1 is 1.25 bits per heavy atom. The van der Waals surface area contributed by atoms with Gasteiger partial charge in [0.25, 0.3) is 0 Å². The van der Waals surface area contributed by atoms with E-state index in [2.05, 4.69) is 38.0 Å². The molecule has 0 amide bonds. The second kappa shape index (κ2) is 4.29. The van der Waals surface area contributed by atoms with Crippen LogP contribution in [0.25, 0.3) is 0 Å². The SMILES string of the molecule is CN=C(C)C=C(C)NC(C)(C)C. The summed E-state index contributed by atoms with van der Waals surface area (Å²) in [6.45, 7) is 10.5. The van der Waals surface area contributed by atoms with Crippen molar-refractivity contribution in [2.24, 2.45) is 4.99 Å². The van der Waals surface area contributed by atoms with Crippen LogP contribution in [-0.2, 0) is 0 Å². The molecule has 0 aliphatic heterocycles. The quantitative estimate of drug-likeness (QED) is 0.629. The van der Waals surface area contributed by atoms with Crippen molar-refractivity contribution in [1.82, 2.24) is 5.32 Å². The van der Waals surface area contributed by atoms with Crippen molar-refractivity contribution in [2.75, 3.05) is 7.05 Å². The Kier molecular flexibility index (Phi) is 4.01. The maximum atomic E-state index is 4.06. The van der Waals surface area contributed by atoms with Gasteiger partial charge in [-0.15, -0.1) is 0 Å². The normalized spacial score (nSPS) is 14.8. The third-order valence-corrected chi connectivity index (χ3v) is 1.35. The third-order valence-electron chi connectivity index (χ3n) is 1.35. The summed E-state index contributed by atoms with van der Waals surface area (Å²) in [5.74, 6) is 0. The fourth-order valence-corrected chi connectivity index (χ4v) is 1.01. The lowest BCUT2D eigenvalue weighted by atomic mass is 10.1. The number of nitrogens with zero attached hydrogens (tertiary/aromatic N) is 1. The molecule has 0 saturated heterocycles. The molecule has 0 heterocycles. The van der Waals surface area contributed by atoms with Crippen LogP contribution in [0.15, 0.2) is 16.8 Å². The summed E-state index contributed by atoms with van der Waals surface area (Å²) < 4.78 is 0. The predicted octanol–water partition coefficient (Wildman–Crippen LogP) is 2.37. The first-order valence-corrected chi connectivity index (χ1v) is 4.25. The van der Waals surface area contributed by atoms with E-state index in [1.54, 1.807) is 7.05 Å². The summed E-state index contributed by atoms with van der Waals surface area (Å²) >= 11 is 0. The van der Waals surface area contributed by atoms with Crippen LogP contribution in [0.2, 0.25) is 0 Å². The molecule has 0 bridgehead atoms. The van der Waals surface area contributed by atoms with E-state index < -0.39 is 0 Å². The Balaban J connectivity index is 4.22. The molecule has 0 aliphatic carbocycles. The van der Waals surface area contributed by atoms with Crippen LogP contribution in [0.3, 0.4) is 0 Å². The predicted molar refractivity (Wildman–Crippen MR) is 55.7 cm³/mol. The van der Waals surface area contributed by atoms with Gasteiger partial charge in [0.15, 0.2) is 0 Å². The summed E-state index contributed by atoms with van der Waals surface area (Å²) in [6.07, 6.45) is 2.05. The summed E-state index contributed by atoms with van der Waals surface area (Å²) in [4.78, 5) is 4.06. The topological polar surface area (TPSA) is 24.4 Å². The summed E-state index contributed by atoms with van der Waals surface area (Å²) in [5, 5.41) is 3.36. The van der Waals surface area contributed by atoms with Gasteiger partial charge < -0.3 is 5.32 Å². The smallest absolute Gasteiger partial charge is 0.0330 e. The largest absolute Gasteiger partial charge is 0.384 e. The first-order valence-electron chi connectivity index (χ1n) is 4.25. The van der Waals surface area contributed by atoms with Crippen LogP contribution >= 0.6 is 0 Å². The van der Waals surface area contributed by atoms with Gasteiger partial charge in [0, 0.05) is 24.0 Å². The molecular formula is C10H20N2. The molecule has 0 rings (SSSR count). The van der Waals surface area contributed by atoms with Gasteiger partial charge in [-0.25, -0.2) is 0 Å². The van der Waals surface area contributed by atoms with E-state index in [1.807, 2.05) is 13.0 Å². The van der Waals surface area contributed by atoms with Gasteiger partial charge in [0.05, 0.1) is 0 Å². The average molecular weight is 168 g/mol. The Morgan fingerprint density at radius 3 is 2.08 bits per heavy atom. The second-order valence-electron chi connectivity index (χ2n) is 4.07. The zero-order valence-electron chi connectivity index (χ0n) is 9.02. The molecular weight excluding hydrogens is 148 g/mol. The molecule has 0 aromatic carbocycles. The first-order chi connectivity index (χ1) is 5.35. The molecule has 70 valence electrons. The van der Waals surface area contributed by atoms with Crippen LogP contribution < -0.4 is 5.32 Å². The van der Waals surface area contributed by atoms with Crippen LogP contribution in [0.5, 0.6) is 0 Å². The molecule has 0 saturated carbocycles. The summed E-state index contributed by atoms with van der Waals surface area (Å²) in [5.41, 5.74) is 2.34. The van der Waals surface area contributed by atoms with Gasteiger partial charge in [-0.05, 0) is 40.7 Å². The number of hydrogen-bond acceptors (Lipinski definition) is 2. The van der Waals surface area contributed by atoms with E-state index in [1.165, 1.54) is 0 Å². The number of aliphatic imine (C=N–C) groups is 1. The minimum atomic E-state index is 0.134. The molecule has 0 aromatic rings. The van der Waals surface area contributed by atoms with E-state index in [9.17, 15) is 0 Å². The van der Waals surface area contributed by atoms with Crippen LogP contribution in [0.1, 0.15) is 34.6 Å². The highest BCUT2D eigenvalue weighted by Gasteiger charge is 2.07. The molecule has 12 heavy (non-hydrogen) atoms. The maximum Gasteiger partial charge on any atom is 0.0330 e. The minimum absolute atomic E-state index is 0.134. The van der Waals surface area contributed by atoms with Crippen molar-refractivity contribution in [1.29, 1.82) is 0 Å². The number of allylic oxidation sites excluding steroid dienone is 2. The molecule has 2 heteroatoms. The second-order valence-corrected chi connectivity index (χ2v) is 4.07. The first kappa shape index (κ1) is 11.2. The molecule has 0 fully saturated rings. The Morgan fingerprint density at radius 2 is 1.75 bits per heavy atom. The fourth-order valence-electron chi connectivity index (χ4n) is 1.01. The van der Waals surface area contributed by atoms with E-state index in [-0.39, 0.29) is 5.54 Å². The van der Waals surface area contributed by atoms with Gasteiger partial charge in [-0.3, -0.25) is 4.99 Å². The molecule has 0 radical (unpaired) electrons. The molecule has 0 spiro atoms. The highest BCUT2D eigenvalue weighted by molar-refractivity contribution is 5.93. The number of rotatable bonds is 2. The number of hydrogen-bond donors (Lipinski definition) is 1. The third kappa shape index (κ3) is 5.96. The van der Waals surface area contributed by atoms with Crippen molar-refractivity contribution in [3.8, 4) is 0 Å². The highest BCUT2D eigenvalue weighted by atomic mass is 15.0. The van der Waals surface area contributed by atoms with E-state index >= 15 is 0 Å². The number of nitrogens with one attached hydrogen (secondary N) is 1. The molecule has 1 N–H and O–H groups in total. The van der Waals surface area contributed by atoms with Gasteiger partial charge in [-0.1, -0.05) is 0 Å². The summed E-state index contributed by atoms with van der Waals surface area (Å²) in [6, 6.07) is 0. The van der Waals surface area contributed by atoms with Crippen LogP contribution in [0.4, 0.5) is 0 Å².